The molecule has 1 aromatic rings. The molecule has 2 nitrogen and oxygen atoms in total. The fourth-order valence-electron chi connectivity index (χ4n) is 2.08. The Bertz CT molecular complexity index is 397. The fourth-order valence-corrected chi connectivity index (χ4v) is 2.97. The van der Waals surface area contributed by atoms with Gasteiger partial charge in [-0.05, 0) is 24.8 Å². The molecule has 0 N–H and O–H groups in total. The minimum atomic E-state index is 0.670. The third-order valence-corrected chi connectivity index (χ3v) is 4.07. The van der Waals surface area contributed by atoms with Crippen LogP contribution in [0.3, 0.4) is 0 Å². The van der Waals surface area contributed by atoms with Gasteiger partial charge >= 0.3 is 0 Å². The average molecular weight is 247 g/mol. The number of carbonyl (C=O) groups excluding carboxylic acids is 1. The van der Waals surface area contributed by atoms with Crippen molar-refractivity contribution in [3.63, 3.8) is 0 Å². The third kappa shape index (κ3) is 3.70. The lowest BCUT2D eigenvalue weighted by atomic mass is 10.0. The van der Waals surface area contributed by atoms with E-state index in [-0.39, 0.29) is 0 Å². The van der Waals surface area contributed by atoms with Gasteiger partial charge in [0.2, 0.25) is 0 Å². The van der Waals surface area contributed by atoms with Crippen LogP contribution in [0.25, 0.3) is 0 Å². The van der Waals surface area contributed by atoms with Crippen molar-refractivity contribution < 1.29 is 4.79 Å². The second-order valence-corrected chi connectivity index (χ2v) is 5.44. The molecule has 1 saturated carbocycles. The van der Waals surface area contributed by atoms with Crippen molar-refractivity contribution in [3.8, 4) is 0 Å². The molecule has 1 aliphatic carbocycles. The topological polar surface area (TPSA) is 29.4 Å². The number of carbonyl (C=O) groups is 1. The summed E-state index contributed by atoms with van der Waals surface area (Å²) in [6, 6.07) is 7.54. The molecular formula is C14H17NOS. The van der Waals surface area contributed by atoms with Crippen molar-refractivity contribution in [3.05, 3.63) is 35.4 Å². The largest absolute Gasteiger partial charge is 0.298 e. The lowest BCUT2D eigenvalue weighted by molar-refractivity contribution is 0.112. The number of nitrogens with zero attached hydrogens (tertiary/aromatic N) is 1. The molecule has 0 aromatic heterocycles. The Labute approximate surface area is 107 Å². The zero-order valence-corrected chi connectivity index (χ0v) is 10.7. The molecular weight excluding hydrogens is 230 g/mol. The van der Waals surface area contributed by atoms with Gasteiger partial charge in [0, 0.05) is 22.6 Å². The van der Waals surface area contributed by atoms with Gasteiger partial charge in [0.1, 0.15) is 0 Å². The highest BCUT2D eigenvalue weighted by Crippen LogP contribution is 2.28. The Morgan fingerprint density at radius 3 is 2.53 bits per heavy atom. The summed E-state index contributed by atoms with van der Waals surface area (Å²) >= 11 is 1.66. The molecule has 3 heteroatoms. The molecule has 0 aliphatic heterocycles. The number of aldehydes is 1. The molecule has 0 atom stereocenters. The Balaban J connectivity index is 1.92. The highest BCUT2D eigenvalue weighted by Gasteiger charge is 2.12. The highest BCUT2D eigenvalue weighted by atomic mass is 32.2. The van der Waals surface area contributed by atoms with Crippen LogP contribution in [0.2, 0.25) is 0 Å². The van der Waals surface area contributed by atoms with Crippen LogP contribution in [0.1, 0.15) is 48.0 Å². The van der Waals surface area contributed by atoms with Crippen LogP contribution in [0.5, 0.6) is 0 Å². The van der Waals surface area contributed by atoms with Gasteiger partial charge in [0.15, 0.2) is 6.29 Å². The van der Waals surface area contributed by atoms with Crippen molar-refractivity contribution in [2.24, 2.45) is 4.40 Å². The van der Waals surface area contributed by atoms with Gasteiger partial charge in [-0.3, -0.25) is 4.79 Å². The molecule has 90 valence electrons. The van der Waals surface area contributed by atoms with Crippen molar-refractivity contribution in [2.75, 3.05) is 0 Å². The lowest BCUT2D eigenvalue weighted by Gasteiger charge is -2.18. The average Bonchev–Trinajstić information content (AvgIpc) is 2.40. The number of rotatable bonds is 4. The first-order valence-corrected chi connectivity index (χ1v) is 6.97. The van der Waals surface area contributed by atoms with E-state index in [4.69, 9.17) is 0 Å². The van der Waals surface area contributed by atoms with Gasteiger partial charge < -0.3 is 0 Å². The van der Waals surface area contributed by atoms with Gasteiger partial charge in [-0.15, -0.1) is 0 Å². The zero-order valence-electron chi connectivity index (χ0n) is 9.84. The molecule has 0 radical (unpaired) electrons. The molecule has 0 spiro atoms. The summed E-state index contributed by atoms with van der Waals surface area (Å²) in [4.78, 5) is 10.8. The molecule has 17 heavy (non-hydrogen) atoms. The van der Waals surface area contributed by atoms with Gasteiger partial charge in [-0.25, -0.2) is 4.40 Å². The summed E-state index contributed by atoms with van der Waals surface area (Å²) in [6.45, 7) is 0. The van der Waals surface area contributed by atoms with Crippen LogP contribution in [-0.4, -0.2) is 17.8 Å². The van der Waals surface area contributed by atoms with Gasteiger partial charge in [-0.2, -0.15) is 0 Å². The molecule has 2 rings (SSSR count). The van der Waals surface area contributed by atoms with Crippen LogP contribution in [0.4, 0.5) is 0 Å². The van der Waals surface area contributed by atoms with E-state index in [1.807, 2.05) is 30.5 Å². The Hall–Kier alpha value is -1.09. The minimum absolute atomic E-state index is 0.670. The molecule has 0 heterocycles. The Morgan fingerprint density at radius 1 is 1.12 bits per heavy atom. The predicted octanol–water partition coefficient (Wildman–Crippen LogP) is 3.90. The van der Waals surface area contributed by atoms with Crippen LogP contribution >= 0.6 is 11.9 Å². The smallest absolute Gasteiger partial charge is 0.150 e. The maximum absolute atomic E-state index is 10.8. The van der Waals surface area contributed by atoms with E-state index in [2.05, 4.69) is 4.40 Å². The summed E-state index contributed by atoms with van der Waals surface area (Å²) in [5, 5.41) is 0.670. The summed E-state index contributed by atoms with van der Waals surface area (Å²) < 4.78 is 4.41. The van der Waals surface area contributed by atoms with E-state index < -0.39 is 0 Å². The van der Waals surface area contributed by atoms with E-state index in [0.717, 1.165) is 11.8 Å². The number of benzene rings is 1. The van der Waals surface area contributed by atoms with Gasteiger partial charge in [0.25, 0.3) is 0 Å². The SMILES string of the molecule is O=Cc1ccccc1C=NSC1CCCCC1. The van der Waals surface area contributed by atoms with Crippen molar-refractivity contribution in [1.29, 1.82) is 0 Å². The summed E-state index contributed by atoms with van der Waals surface area (Å²) in [6.07, 6.45) is 9.27. The normalized spacial score (nSPS) is 17.4. The number of hydrogen-bond donors (Lipinski definition) is 0. The first-order chi connectivity index (χ1) is 8.40. The molecule has 0 saturated heterocycles. The summed E-state index contributed by atoms with van der Waals surface area (Å²) in [7, 11) is 0. The highest BCUT2D eigenvalue weighted by molar-refractivity contribution is 7.98. The van der Waals surface area contributed by atoms with Crippen LogP contribution < -0.4 is 0 Å². The van der Waals surface area contributed by atoms with Crippen LogP contribution in [0.15, 0.2) is 28.7 Å². The molecule has 0 unspecified atom stereocenters. The first kappa shape index (κ1) is 12.4. The zero-order chi connectivity index (χ0) is 11.9. The fraction of sp³-hybridized carbons (Fsp3) is 0.429. The molecule has 0 bridgehead atoms. The Morgan fingerprint density at radius 2 is 1.82 bits per heavy atom. The molecule has 1 aliphatic rings. The summed E-state index contributed by atoms with van der Waals surface area (Å²) in [5.74, 6) is 0. The molecule has 1 aromatic carbocycles. The standard InChI is InChI=1S/C14H17NOS/c16-11-13-7-5-4-6-12(13)10-15-17-14-8-2-1-3-9-14/h4-7,10-11,14H,1-3,8-9H2. The summed E-state index contributed by atoms with van der Waals surface area (Å²) in [5.41, 5.74) is 1.62. The minimum Gasteiger partial charge on any atom is -0.298 e. The van der Waals surface area contributed by atoms with Crippen molar-refractivity contribution >= 4 is 24.4 Å². The van der Waals surface area contributed by atoms with Crippen molar-refractivity contribution in [2.45, 2.75) is 37.4 Å². The third-order valence-electron chi connectivity index (χ3n) is 3.08. The maximum Gasteiger partial charge on any atom is 0.150 e. The van der Waals surface area contributed by atoms with E-state index in [1.54, 1.807) is 11.9 Å². The second kappa shape index (κ2) is 6.60. The van der Waals surface area contributed by atoms with Crippen molar-refractivity contribution in [1.82, 2.24) is 0 Å². The lowest BCUT2D eigenvalue weighted by Crippen LogP contribution is -2.06. The van der Waals surface area contributed by atoms with E-state index >= 15 is 0 Å². The van der Waals surface area contributed by atoms with E-state index in [0.29, 0.717) is 10.8 Å². The van der Waals surface area contributed by atoms with Gasteiger partial charge in [-0.1, -0.05) is 43.5 Å². The van der Waals surface area contributed by atoms with Crippen LogP contribution in [-0.2, 0) is 0 Å². The van der Waals surface area contributed by atoms with Gasteiger partial charge in [0.05, 0.1) is 0 Å². The quantitative estimate of drug-likeness (QED) is 0.459. The Kier molecular flexibility index (Phi) is 4.80. The second-order valence-electron chi connectivity index (χ2n) is 4.35. The number of hydrogen-bond acceptors (Lipinski definition) is 3. The van der Waals surface area contributed by atoms with E-state index in [9.17, 15) is 4.79 Å². The molecule has 1 fully saturated rings. The van der Waals surface area contributed by atoms with Crippen LogP contribution in [0, 0.1) is 0 Å². The monoisotopic (exact) mass is 247 g/mol. The maximum atomic E-state index is 10.8. The van der Waals surface area contributed by atoms with E-state index in [1.165, 1.54) is 32.1 Å². The predicted molar refractivity (Wildman–Crippen MR) is 73.9 cm³/mol. The first-order valence-electron chi connectivity index (χ1n) is 6.13. The molecule has 0 amide bonds.